The minimum atomic E-state index is -0.483. The summed E-state index contributed by atoms with van der Waals surface area (Å²) in [5, 5.41) is 15.6. The molecule has 0 bridgehead atoms. The van der Waals surface area contributed by atoms with Crippen molar-refractivity contribution in [1.29, 1.82) is 0 Å². The normalized spacial score (nSPS) is 19.2. The van der Waals surface area contributed by atoms with Crippen molar-refractivity contribution in [3.63, 3.8) is 0 Å². The van der Waals surface area contributed by atoms with Gasteiger partial charge in [0, 0.05) is 23.8 Å². The molecule has 1 aliphatic heterocycles. The maximum Gasteiger partial charge on any atom is 0.241 e. The SMILES string of the molecule is Cc1cc(-c2nc3ccc(F)cc3n2C(C)C)ccc1NC(=O)C1CC(O)CN1. The van der Waals surface area contributed by atoms with Crippen molar-refractivity contribution < 1.29 is 14.3 Å². The Kier molecular flexibility index (Phi) is 5.10. The van der Waals surface area contributed by atoms with Crippen LogP contribution in [-0.4, -0.2) is 39.3 Å². The number of hydrogen-bond donors (Lipinski definition) is 3. The number of anilines is 1. The highest BCUT2D eigenvalue weighted by molar-refractivity contribution is 5.96. The first kappa shape index (κ1) is 19.5. The molecule has 1 saturated heterocycles. The molecule has 0 aliphatic carbocycles. The maximum absolute atomic E-state index is 13.8. The van der Waals surface area contributed by atoms with E-state index in [-0.39, 0.29) is 23.8 Å². The van der Waals surface area contributed by atoms with E-state index >= 15 is 0 Å². The second-order valence-electron chi connectivity index (χ2n) is 7.90. The van der Waals surface area contributed by atoms with Crippen LogP contribution in [0.5, 0.6) is 0 Å². The molecule has 3 aromatic rings. The highest BCUT2D eigenvalue weighted by Gasteiger charge is 2.28. The number of fused-ring (bicyclic) bond motifs is 1. The molecule has 0 radical (unpaired) electrons. The lowest BCUT2D eigenvalue weighted by Gasteiger charge is -2.16. The van der Waals surface area contributed by atoms with Gasteiger partial charge >= 0.3 is 0 Å². The largest absolute Gasteiger partial charge is 0.392 e. The maximum atomic E-state index is 13.8. The van der Waals surface area contributed by atoms with Crippen molar-refractivity contribution in [2.24, 2.45) is 0 Å². The van der Waals surface area contributed by atoms with Gasteiger partial charge in [0.15, 0.2) is 0 Å². The Morgan fingerprint density at radius 2 is 2.10 bits per heavy atom. The summed E-state index contributed by atoms with van der Waals surface area (Å²) < 4.78 is 15.8. The van der Waals surface area contributed by atoms with Crippen molar-refractivity contribution >= 4 is 22.6 Å². The lowest BCUT2D eigenvalue weighted by Crippen LogP contribution is -2.35. The standard InChI is InChI=1S/C22H25FN4O2/c1-12(2)27-20-9-15(23)5-7-18(20)25-21(27)14-4-6-17(13(3)8-14)26-22(29)19-10-16(28)11-24-19/h4-9,12,16,19,24,28H,10-11H2,1-3H3,(H,26,29). The summed E-state index contributed by atoms with van der Waals surface area (Å²) in [5.74, 6) is 0.329. The van der Waals surface area contributed by atoms with Crippen LogP contribution in [0.3, 0.4) is 0 Å². The molecule has 6 nitrogen and oxygen atoms in total. The van der Waals surface area contributed by atoms with Gasteiger partial charge in [0.2, 0.25) is 5.91 Å². The summed E-state index contributed by atoms with van der Waals surface area (Å²) in [4.78, 5) is 17.1. The summed E-state index contributed by atoms with van der Waals surface area (Å²) >= 11 is 0. The van der Waals surface area contributed by atoms with Crippen molar-refractivity contribution in [2.75, 3.05) is 11.9 Å². The molecule has 7 heteroatoms. The van der Waals surface area contributed by atoms with Gasteiger partial charge in [0.1, 0.15) is 11.6 Å². The third-order valence-corrected chi connectivity index (χ3v) is 5.33. The highest BCUT2D eigenvalue weighted by Crippen LogP contribution is 2.31. The molecular formula is C22H25FN4O2. The van der Waals surface area contributed by atoms with Crippen molar-refractivity contribution in [2.45, 2.75) is 45.4 Å². The molecular weight excluding hydrogens is 371 g/mol. The van der Waals surface area contributed by atoms with E-state index in [2.05, 4.69) is 10.6 Å². The number of benzene rings is 2. The first-order valence-corrected chi connectivity index (χ1v) is 9.84. The molecule has 0 spiro atoms. The predicted molar refractivity (Wildman–Crippen MR) is 111 cm³/mol. The number of nitrogens with one attached hydrogen (secondary N) is 2. The van der Waals surface area contributed by atoms with Crippen LogP contribution >= 0.6 is 0 Å². The van der Waals surface area contributed by atoms with Crippen LogP contribution in [0.15, 0.2) is 36.4 Å². The van der Waals surface area contributed by atoms with Crippen molar-refractivity contribution in [3.8, 4) is 11.4 Å². The van der Waals surface area contributed by atoms with Gasteiger partial charge in [0.05, 0.1) is 23.2 Å². The number of aliphatic hydroxyl groups excluding tert-OH is 1. The number of imidazole rings is 1. The van der Waals surface area contributed by atoms with E-state index in [1.54, 1.807) is 6.07 Å². The number of rotatable bonds is 4. The van der Waals surface area contributed by atoms with Crippen LogP contribution in [-0.2, 0) is 4.79 Å². The van der Waals surface area contributed by atoms with E-state index in [0.29, 0.717) is 13.0 Å². The molecule has 29 heavy (non-hydrogen) atoms. The van der Waals surface area contributed by atoms with Crippen molar-refractivity contribution in [3.05, 3.63) is 47.8 Å². The van der Waals surface area contributed by atoms with Gasteiger partial charge in [-0.3, -0.25) is 4.79 Å². The number of aliphatic hydroxyl groups is 1. The summed E-state index contributed by atoms with van der Waals surface area (Å²) in [6.45, 7) is 6.44. The van der Waals surface area contributed by atoms with Gasteiger partial charge in [-0.05, 0) is 69.2 Å². The number of carbonyl (C=O) groups is 1. The number of carbonyl (C=O) groups excluding carboxylic acids is 1. The molecule has 2 heterocycles. The van der Waals surface area contributed by atoms with Crippen LogP contribution in [0.25, 0.3) is 22.4 Å². The van der Waals surface area contributed by atoms with Crippen LogP contribution in [0.2, 0.25) is 0 Å². The van der Waals surface area contributed by atoms with Gasteiger partial charge < -0.3 is 20.3 Å². The number of amides is 1. The predicted octanol–water partition coefficient (Wildman–Crippen LogP) is 3.39. The Hall–Kier alpha value is -2.77. The number of aromatic nitrogens is 2. The number of nitrogens with zero attached hydrogens (tertiary/aromatic N) is 2. The Morgan fingerprint density at radius 1 is 1.31 bits per heavy atom. The second kappa shape index (κ2) is 7.57. The lowest BCUT2D eigenvalue weighted by molar-refractivity contribution is -0.117. The molecule has 1 aromatic heterocycles. The molecule has 2 aromatic carbocycles. The molecule has 2 unspecified atom stereocenters. The highest BCUT2D eigenvalue weighted by atomic mass is 19.1. The molecule has 152 valence electrons. The number of β-amino-alcohol motifs (C(OH)–C–C–N with tert-alkyl or cyclic N) is 1. The van der Waals surface area contributed by atoms with Gasteiger partial charge in [-0.15, -0.1) is 0 Å². The molecule has 0 saturated carbocycles. The number of hydrogen-bond acceptors (Lipinski definition) is 4. The third-order valence-electron chi connectivity index (χ3n) is 5.33. The van der Waals surface area contributed by atoms with Gasteiger partial charge in [0.25, 0.3) is 0 Å². The topological polar surface area (TPSA) is 79.2 Å². The van der Waals surface area contributed by atoms with Gasteiger partial charge in [-0.1, -0.05) is 0 Å². The van der Waals surface area contributed by atoms with Gasteiger partial charge in [-0.25, -0.2) is 9.37 Å². The van der Waals surface area contributed by atoms with Crippen LogP contribution in [0.1, 0.15) is 31.9 Å². The molecule has 1 amide bonds. The van der Waals surface area contributed by atoms with E-state index in [4.69, 9.17) is 4.98 Å². The van der Waals surface area contributed by atoms with E-state index in [0.717, 1.165) is 33.7 Å². The zero-order valence-corrected chi connectivity index (χ0v) is 16.7. The second-order valence-corrected chi connectivity index (χ2v) is 7.90. The van der Waals surface area contributed by atoms with Crippen LogP contribution in [0, 0.1) is 12.7 Å². The fraction of sp³-hybridized carbons (Fsp3) is 0.364. The lowest BCUT2D eigenvalue weighted by atomic mass is 10.1. The first-order valence-electron chi connectivity index (χ1n) is 9.84. The van der Waals surface area contributed by atoms with E-state index < -0.39 is 6.10 Å². The zero-order chi connectivity index (χ0) is 20.7. The minimum absolute atomic E-state index is 0.108. The average molecular weight is 396 g/mol. The quantitative estimate of drug-likeness (QED) is 0.632. The molecule has 3 N–H and O–H groups in total. The Labute approximate surface area is 168 Å². The van der Waals surface area contributed by atoms with Gasteiger partial charge in [-0.2, -0.15) is 0 Å². The molecule has 1 fully saturated rings. The molecule has 4 rings (SSSR count). The third kappa shape index (κ3) is 3.75. The molecule has 1 aliphatic rings. The number of halogens is 1. The van der Waals surface area contributed by atoms with Crippen LogP contribution < -0.4 is 10.6 Å². The first-order chi connectivity index (χ1) is 13.8. The Morgan fingerprint density at radius 3 is 2.76 bits per heavy atom. The van der Waals surface area contributed by atoms with E-state index in [1.807, 2.05) is 43.5 Å². The van der Waals surface area contributed by atoms with Crippen molar-refractivity contribution in [1.82, 2.24) is 14.9 Å². The summed E-state index contributed by atoms with van der Waals surface area (Å²) in [5.41, 5.74) is 4.04. The van der Waals surface area contributed by atoms with Crippen LogP contribution in [0.4, 0.5) is 10.1 Å². The monoisotopic (exact) mass is 396 g/mol. The zero-order valence-electron chi connectivity index (χ0n) is 16.7. The summed E-state index contributed by atoms with van der Waals surface area (Å²) in [7, 11) is 0. The average Bonchev–Trinajstić information content (AvgIpc) is 3.26. The Balaban J connectivity index is 1.66. The van der Waals surface area contributed by atoms with E-state index in [9.17, 15) is 14.3 Å². The molecule has 2 atom stereocenters. The minimum Gasteiger partial charge on any atom is -0.392 e. The Bertz CT molecular complexity index is 1080. The fourth-order valence-electron chi connectivity index (χ4n) is 3.87. The number of aryl methyl sites for hydroxylation is 1. The fourth-order valence-corrected chi connectivity index (χ4v) is 3.87. The van der Waals surface area contributed by atoms with E-state index in [1.165, 1.54) is 12.1 Å². The summed E-state index contributed by atoms with van der Waals surface area (Å²) in [6, 6.07) is 10.1. The smallest absolute Gasteiger partial charge is 0.241 e. The summed E-state index contributed by atoms with van der Waals surface area (Å²) in [6.07, 6.45) is -0.0686.